The lowest BCUT2D eigenvalue weighted by Gasteiger charge is -2.31. The zero-order chi connectivity index (χ0) is 13.8. The summed E-state index contributed by atoms with van der Waals surface area (Å²) in [6.07, 6.45) is 3.97. The first-order valence-corrected chi connectivity index (χ1v) is 7.27. The summed E-state index contributed by atoms with van der Waals surface area (Å²) < 4.78 is 5.15. The van der Waals surface area contributed by atoms with E-state index in [1.165, 1.54) is 6.42 Å². The van der Waals surface area contributed by atoms with Gasteiger partial charge in [-0.05, 0) is 37.5 Å². The van der Waals surface area contributed by atoms with Crippen molar-refractivity contribution in [3.63, 3.8) is 0 Å². The van der Waals surface area contributed by atoms with Gasteiger partial charge in [-0.2, -0.15) is 0 Å². The highest BCUT2D eigenvalue weighted by atomic mass is 35.5. The molecule has 3 nitrogen and oxygen atoms in total. The van der Waals surface area contributed by atoms with Gasteiger partial charge in [0.05, 0.1) is 13.2 Å². The minimum Gasteiger partial charge on any atom is -0.497 e. The molecule has 106 valence electrons. The predicted molar refractivity (Wildman–Crippen MR) is 77.8 cm³/mol. The second-order valence-electron chi connectivity index (χ2n) is 5.23. The van der Waals surface area contributed by atoms with Gasteiger partial charge in [-0.15, -0.1) is 0 Å². The summed E-state index contributed by atoms with van der Waals surface area (Å²) in [7, 11) is 1.63. The molecule has 0 bridgehead atoms. The molecule has 1 saturated carbocycles. The Morgan fingerprint density at radius 3 is 2.74 bits per heavy atom. The van der Waals surface area contributed by atoms with Crippen molar-refractivity contribution < 1.29 is 9.84 Å². The van der Waals surface area contributed by atoms with Crippen LogP contribution in [0.4, 0.5) is 0 Å². The van der Waals surface area contributed by atoms with Crippen LogP contribution in [0.2, 0.25) is 5.02 Å². The minimum absolute atomic E-state index is 0.121. The molecule has 1 unspecified atom stereocenters. The molecule has 0 heterocycles. The summed E-state index contributed by atoms with van der Waals surface area (Å²) in [6, 6.07) is 6.01. The molecule has 0 aromatic heterocycles. The predicted octanol–water partition coefficient (Wildman–Crippen LogP) is 3.30. The first kappa shape index (κ1) is 14.6. The van der Waals surface area contributed by atoms with Gasteiger partial charge in [-0.25, -0.2) is 0 Å². The topological polar surface area (TPSA) is 41.5 Å². The molecule has 1 aliphatic rings. The average molecular weight is 284 g/mol. The Morgan fingerprint density at radius 1 is 1.37 bits per heavy atom. The Kier molecular flexibility index (Phi) is 5.08. The Balaban J connectivity index is 2.04. The number of aliphatic hydroxyl groups is 1. The van der Waals surface area contributed by atoms with E-state index in [1.807, 2.05) is 18.2 Å². The second kappa shape index (κ2) is 6.60. The molecule has 0 spiro atoms. The summed E-state index contributed by atoms with van der Waals surface area (Å²) >= 11 is 6.27. The van der Waals surface area contributed by atoms with Crippen molar-refractivity contribution in [3.8, 4) is 5.75 Å². The normalized spacial score (nSPS) is 25.1. The van der Waals surface area contributed by atoms with Crippen LogP contribution in [0.15, 0.2) is 18.2 Å². The summed E-state index contributed by atoms with van der Waals surface area (Å²) in [6.45, 7) is 2.08. The van der Waals surface area contributed by atoms with E-state index in [2.05, 4.69) is 12.2 Å². The van der Waals surface area contributed by atoms with E-state index < -0.39 is 0 Å². The number of hydrogen-bond acceptors (Lipinski definition) is 3. The van der Waals surface area contributed by atoms with Gasteiger partial charge in [0.2, 0.25) is 0 Å². The van der Waals surface area contributed by atoms with Gasteiger partial charge >= 0.3 is 0 Å². The standard InChI is InChI=1S/C15H22ClNO2/c1-10(17-14-5-3-4-6-15(14)18)12-8-7-11(19-2)9-13(12)16/h7-10,14-15,17-18H,3-6H2,1-2H3/t10?,14-,15-/m0/s1. The minimum atomic E-state index is -0.242. The molecular formula is C15H22ClNO2. The molecule has 0 radical (unpaired) electrons. The van der Waals surface area contributed by atoms with Gasteiger partial charge < -0.3 is 15.2 Å². The van der Waals surface area contributed by atoms with Crippen molar-refractivity contribution >= 4 is 11.6 Å². The molecule has 1 aromatic carbocycles. The first-order valence-electron chi connectivity index (χ1n) is 6.89. The Bertz CT molecular complexity index is 425. The fourth-order valence-electron chi connectivity index (χ4n) is 2.70. The van der Waals surface area contributed by atoms with Gasteiger partial charge in [-0.3, -0.25) is 0 Å². The van der Waals surface area contributed by atoms with E-state index in [0.717, 1.165) is 30.6 Å². The lowest BCUT2D eigenvalue weighted by molar-refractivity contribution is 0.0860. The lowest BCUT2D eigenvalue weighted by Crippen LogP contribution is -2.43. The third-order valence-electron chi connectivity index (χ3n) is 3.87. The third-order valence-corrected chi connectivity index (χ3v) is 4.20. The summed E-state index contributed by atoms with van der Waals surface area (Å²) in [5, 5.41) is 14.2. The highest BCUT2D eigenvalue weighted by Crippen LogP contribution is 2.29. The number of rotatable bonds is 4. The molecule has 4 heteroatoms. The quantitative estimate of drug-likeness (QED) is 0.891. The summed E-state index contributed by atoms with van der Waals surface area (Å²) in [5.74, 6) is 0.763. The Morgan fingerprint density at radius 2 is 2.11 bits per heavy atom. The van der Waals surface area contributed by atoms with Gasteiger partial charge in [0, 0.05) is 17.1 Å². The van der Waals surface area contributed by atoms with Crippen molar-refractivity contribution in [2.75, 3.05) is 7.11 Å². The molecular weight excluding hydrogens is 262 g/mol. The fraction of sp³-hybridized carbons (Fsp3) is 0.600. The maximum Gasteiger partial charge on any atom is 0.120 e. The number of aliphatic hydroxyl groups excluding tert-OH is 1. The van der Waals surface area contributed by atoms with E-state index >= 15 is 0 Å². The number of hydrogen-bond donors (Lipinski definition) is 2. The van der Waals surface area contributed by atoms with Gasteiger partial charge in [0.25, 0.3) is 0 Å². The van der Waals surface area contributed by atoms with Crippen molar-refractivity contribution in [3.05, 3.63) is 28.8 Å². The molecule has 0 amide bonds. The number of halogens is 1. The maximum atomic E-state index is 10.0. The number of ether oxygens (including phenoxy) is 1. The fourth-order valence-corrected chi connectivity index (χ4v) is 3.04. The largest absolute Gasteiger partial charge is 0.497 e. The van der Waals surface area contributed by atoms with Crippen LogP contribution in [0.25, 0.3) is 0 Å². The number of methoxy groups -OCH3 is 1. The molecule has 3 atom stereocenters. The summed E-state index contributed by atoms with van der Waals surface area (Å²) in [4.78, 5) is 0. The van der Waals surface area contributed by atoms with Crippen molar-refractivity contribution in [2.24, 2.45) is 0 Å². The van der Waals surface area contributed by atoms with Gasteiger partial charge in [0.1, 0.15) is 5.75 Å². The maximum absolute atomic E-state index is 10.0. The average Bonchev–Trinajstić information content (AvgIpc) is 2.41. The monoisotopic (exact) mass is 283 g/mol. The van der Waals surface area contributed by atoms with E-state index in [0.29, 0.717) is 5.02 Å². The molecule has 2 rings (SSSR count). The lowest BCUT2D eigenvalue weighted by atomic mass is 9.91. The smallest absolute Gasteiger partial charge is 0.120 e. The van der Waals surface area contributed by atoms with Crippen LogP contribution in [0, 0.1) is 0 Å². The van der Waals surface area contributed by atoms with E-state index in [4.69, 9.17) is 16.3 Å². The molecule has 0 aliphatic heterocycles. The third kappa shape index (κ3) is 3.62. The van der Waals surface area contributed by atoms with Crippen LogP contribution in [-0.4, -0.2) is 24.4 Å². The van der Waals surface area contributed by atoms with E-state index in [-0.39, 0.29) is 18.2 Å². The number of benzene rings is 1. The SMILES string of the molecule is COc1ccc(C(C)N[C@H]2CCCC[C@@H]2O)c(Cl)c1. The zero-order valence-corrected chi connectivity index (χ0v) is 12.3. The highest BCUT2D eigenvalue weighted by Gasteiger charge is 2.25. The van der Waals surface area contributed by atoms with Crippen molar-refractivity contribution in [2.45, 2.75) is 50.8 Å². The molecule has 19 heavy (non-hydrogen) atoms. The summed E-state index contributed by atoms with van der Waals surface area (Å²) in [5.41, 5.74) is 1.04. The molecule has 2 N–H and O–H groups in total. The van der Waals surface area contributed by atoms with Gasteiger partial charge in [0.15, 0.2) is 0 Å². The van der Waals surface area contributed by atoms with Gasteiger partial charge in [-0.1, -0.05) is 30.5 Å². The van der Waals surface area contributed by atoms with E-state index in [9.17, 15) is 5.11 Å². The Labute approximate surface area is 119 Å². The first-order chi connectivity index (χ1) is 9.11. The van der Waals surface area contributed by atoms with Crippen molar-refractivity contribution in [1.29, 1.82) is 0 Å². The van der Waals surface area contributed by atoms with Crippen LogP contribution in [0.5, 0.6) is 5.75 Å². The van der Waals surface area contributed by atoms with Crippen LogP contribution in [0.1, 0.15) is 44.2 Å². The molecule has 1 aliphatic carbocycles. The van der Waals surface area contributed by atoms with E-state index in [1.54, 1.807) is 7.11 Å². The highest BCUT2D eigenvalue weighted by molar-refractivity contribution is 6.31. The molecule has 1 aromatic rings. The second-order valence-corrected chi connectivity index (χ2v) is 5.64. The zero-order valence-electron chi connectivity index (χ0n) is 11.5. The Hall–Kier alpha value is -0.770. The number of nitrogens with one attached hydrogen (secondary N) is 1. The van der Waals surface area contributed by atoms with Crippen LogP contribution in [-0.2, 0) is 0 Å². The van der Waals surface area contributed by atoms with Crippen LogP contribution < -0.4 is 10.1 Å². The van der Waals surface area contributed by atoms with Crippen LogP contribution >= 0.6 is 11.6 Å². The van der Waals surface area contributed by atoms with Crippen molar-refractivity contribution in [1.82, 2.24) is 5.32 Å². The molecule has 0 saturated heterocycles. The van der Waals surface area contributed by atoms with Crippen LogP contribution in [0.3, 0.4) is 0 Å². The molecule has 1 fully saturated rings.